The first-order valence-electron chi connectivity index (χ1n) is 3.86. The lowest BCUT2D eigenvalue weighted by Crippen LogP contribution is -1.80. The summed E-state index contributed by atoms with van der Waals surface area (Å²) in [6.45, 7) is 4.26. The van der Waals surface area contributed by atoms with E-state index < -0.39 is 0 Å². The number of benzene rings is 1. The number of rotatable bonds is 0. The lowest BCUT2D eigenvalue weighted by Gasteiger charge is -2.03. The topological polar surface area (TPSA) is 0 Å². The van der Waals surface area contributed by atoms with Gasteiger partial charge in [-0.25, -0.2) is 0 Å². The predicted molar refractivity (Wildman–Crippen MR) is 58.6 cm³/mol. The van der Waals surface area contributed by atoms with Gasteiger partial charge in [0.1, 0.15) is 0 Å². The molecule has 0 bridgehead atoms. The Kier molecular flexibility index (Phi) is 1.89. The third-order valence-corrected chi connectivity index (χ3v) is 3.67. The van der Waals surface area contributed by atoms with Crippen molar-refractivity contribution in [3.8, 4) is 0 Å². The molecule has 0 amide bonds. The molecule has 2 heteroatoms. The molecule has 0 aliphatic rings. The maximum Gasteiger partial charge on any atom is 0.0385 e. The van der Waals surface area contributed by atoms with Crippen LogP contribution in [0.4, 0.5) is 0 Å². The molecular weight excluding hydrogens is 184 g/mol. The van der Waals surface area contributed by atoms with Crippen LogP contribution in [0.5, 0.6) is 0 Å². The predicted octanol–water partition coefficient (Wildman–Crippen LogP) is 3.81. The monoisotopic (exact) mass is 194 g/mol. The summed E-state index contributed by atoms with van der Waals surface area (Å²) in [5.74, 6) is 0. The molecule has 1 aromatic carbocycles. The van der Waals surface area contributed by atoms with E-state index in [1.54, 1.807) is 11.3 Å². The number of hydrogen-bond donors (Lipinski definition) is 1. The van der Waals surface area contributed by atoms with Crippen LogP contribution in [-0.4, -0.2) is 0 Å². The molecule has 62 valence electrons. The van der Waals surface area contributed by atoms with Crippen LogP contribution >= 0.6 is 24.0 Å². The second-order valence-electron chi connectivity index (χ2n) is 3.00. The Morgan fingerprint density at radius 1 is 1.33 bits per heavy atom. The molecule has 0 N–H and O–H groups in total. The van der Waals surface area contributed by atoms with E-state index in [9.17, 15) is 0 Å². The SMILES string of the molecule is Cc1cc(S)c(C)c2sccc12. The average molecular weight is 194 g/mol. The van der Waals surface area contributed by atoms with Gasteiger partial charge in [0.25, 0.3) is 0 Å². The van der Waals surface area contributed by atoms with E-state index in [2.05, 4.69) is 44.0 Å². The Morgan fingerprint density at radius 2 is 2.08 bits per heavy atom. The van der Waals surface area contributed by atoms with Crippen LogP contribution in [0, 0.1) is 13.8 Å². The van der Waals surface area contributed by atoms with E-state index in [0.29, 0.717) is 0 Å². The molecule has 1 aromatic heterocycles. The molecule has 0 saturated heterocycles. The number of fused-ring (bicyclic) bond motifs is 1. The summed E-state index contributed by atoms with van der Waals surface area (Å²) < 4.78 is 1.38. The third-order valence-electron chi connectivity index (χ3n) is 2.17. The molecular formula is C10H10S2. The van der Waals surface area contributed by atoms with Crippen LogP contribution < -0.4 is 0 Å². The Bertz CT molecular complexity index is 427. The third kappa shape index (κ3) is 1.06. The second kappa shape index (κ2) is 2.79. The molecule has 0 aliphatic carbocycles. The van der Waals surface area contributed by atoms with E-state index in [0.717, 1.165) is 4.90 Å². The van der Waals surface area contributed by atoms with Crippen molar-refractivity contribution in [3.63, 3.8) is 0 Å². The number of aryl methyl sites for hydroxylation is 2. The molecule has 2 rings (SSSR count). The zero-order chi connectivity index (χ0) is 8.72. The van der Waals surface area contributed by atoms with Gasteiger partial charge in [0.2, 0.25) is 0 Å². The molecule has 0 atom stereocenters. The maximum absolute atomic E-state index is 4.43. The van der Waals surface area contributed by atoms with Gasteiger partial charge in [0.05, 0.1) is 0 Å². The van der Waals surface area contributed by atoms with Crippen molar-refractivity contribution in [1.82, 2.24) is 0 Å². The van der Waals surface area contributed by atoms with Crippen molar-refractivity contribution < 1.29 is 0 Å². The summed E-state index contributed by atoms with van der Waals surface area (Å²) in [6, 6.07) is 4.31. The minimum absolute atomic E-state index is 1.10. The average Bonchev–Trinajstić information content (AvgIpc) is 2.48. The van der Waals surface area contributed by atoms with Gasteiger partial charge in [-0.3, -0.25) is 0 Å². The summed E-state index contributed by atoms with van der Waals surface area (Å²) in [4.78, 5) is 1.10. The van der Waals surface area contributed by atoms with E-state index in [1.165, 1.54) is 21.2 Å². The number of thiophene rings is 1. The second-order valence-corrected chi connectivity index (χ2v) is 4.40. The highest BCUT2D eigenvalue weighted by Gasteiger charge is 2.04. The Hall–Kier alpha value is -0.470. The fraction of sp³-hybridized carbons (Fsp3) is 0.200. The minimum Gasteiger partial charge on any atom is -0.143 e. The summed E-state index contributed by atoms with van der Waals surface area (Å²) >= 11 is 6.22. The number of thiol groups is 1. The normalized spacial score (nSPS) is 10.9. The van der Waals surface area contributed by atoms with Crippen LogP contribution in [0.15, 0.2) is 22.4 Å². The zero-order valence-corrected chi connectivity index (χ0v) is 8.80. The van der Waals surface area contributed by atoms with Crippen molar-refractivity contribution in [3.05, 3.63) is 28.6 Å². The molecule has 0 radical (unpaired) electrons. The van der Waals surface area contributed by atoms with E-state index >= 15 is 0 Å². The van der Waals surface area contributed by atoms with E-state index in [4.69, 9.17) is 0 Å². The Labute approximate surface area is 81.6 Å². The van der Waals surface area contributed by atoms with Crippen molar-refractivity contribution in [2.45, 2.75) is 18.7 Å². The van der Waals surface area contributed by atoms with Gasteiger partial charge >= 0.3 is 0 Å². The standard InChI is InChI=1S/C10H10S2/c1-6-5-9(11)7(2)10-8(6)3-4-12-10/h3-5,11H,1-2H3. The van der Waals surface area contributed by atoms with E-state index in [-0.39, 0.29) is 0 Å². The van der Waals surface area contributed by atoms with Crippen LogP contribution in [-0.2, 0) is 0 Å². The fourth-order valence-corrected chi connectivity index (χ4v) is 2.78. The highest BCUT2D eigenvalue weighted by molar-refractivity contribution is 7.80. The molecule has 0 fully saturated rings. The smallest absolute Gasteiger partial charge is 0.0385 e. The largest absolute Gasteiger partial charge is 0.143 e. The van der Waals surface area contributed by atoms with Gasteiger partial charge in [-0.1, -0.05) is 0 Å². The molecule has 12 heavy (non-hydrogen) atoms. The van der Waals surface area contributed by atoms with Crippen LogP contribution in [0.3, 0.4) is 0 Å². The first kappa shape index (κ1) is 8.14. The lowest BCUT2D eigenvalue weighted by atomic mass is 10.1. The van der Waals surface area contributed by atoms with Crippen molar-refractivity contribution >= 4 is 34.1 Å². The first-order valence-corrected chi connectivity index (χ1v) is 5.19. The Morgan fingerprint density at radius 3 is 2.83 bits per heavy atom. The molecule has 0 nitrogen and oxygen atoms in total. The molecule has 1 heterocycles. The number of hydrogen-bond acceptors (Lipinski definition) is 2. The van der Waals surface area contributed by atoms with Gasteiger partial charge in [-0.05, 0) is 47.9 Å². The molecule has 0 unspecified atom stereocenters. The molecule has 0 spiro atoms. The minimum atomic E-state index is 1.10. The summed E-state index contributed by atoms with van der Waals surface area (Å²) in [5.41, 5.74) is 2.62. The highest BCUT2D eigenvalue weighted by Crippen LogP contribution is 2.31. The van der Waals surface area contributed by atoms with Gasteiger partial charge in [-0.15, -0.1) is 24.0 Å². The quantitative estimate of drug-likeness (QED) is 0.606. The molecule has 0 saturated carbocycles. The van der Waals surface area contributed by atoms with Crippen molar-refractivity contribution in [2.75, 3.05) is 0 Å². The molecule has 2 aromatic rings. The van der Waals surface area contributed by atoms with Gasteiger partial charge in [0.15, 0.2) is 0 Å². The van der Waals surface area contributed by atoms with Gasteiger partial charge in [-0.2, -0.15) is 0 Å². The van der Waals surface area contributed by atoms with E-state index in [1.807, 2.05) is 0 Å². The maximum atomic E-state index is 4.43. The lowest BCUT2D eigenvalue weighted by molar-refractivity contribution is 1.33. The van der Waals surface area contributed by atoms with Crippen LogP contribution in [0.25, 0.3) is 10.1 Å². The zero-order valence-electron chi connectivity index (χ0n) is 7.09. The highest BCUT2D eigenvalue weighted by atomic mass is 32.1. The summed E-state index contributed by atoms with van der Waals surface area (Å²) in [6.07, 6.45) is 0. The van der Waals surface area contributed by atoms with Gasteiger partial charge < -0.3 is 0 Å². The Balaban J connectivity index is 2.97. The van der Waals surface area contributed by atoms with Crippen molar-refractivity contribution in [1.29, 1.82) is 0 Å². The van der Waals surface area contributed by atoms with Crippen molar-refractivity contribution in [2.24, 2.45) is 0 Å². The van der Waals surface area contributed by atoms with Gasteiger partial charge in [0, 0.05) is 9.60 Å². The van der Waals surface area contributed by atoms with Crippen LogP contribution in [0.2, 0.25) is 0 Å². The fourth-order valence-electron chi connectivity index (χ4n) is 1.42. The van der Waals surface area contributed by atoms with Crippen LogP contribution in [0.1, 0.15) is 11.1 Å². The molecule has 0 aliphatic heterocycles. The first-order chi connectivity index (χ1) is 5.70. The summed E-state index contributed by atoms with van der Waals surface area (Å²) in [7, 11) is 0. The summed E-state index contributed by atoms with van der Waals surface area (Å²) in [5, 5.41) is 3.51.